The van der Waals surface area contributed by atoms with Crippen LogP contribution in [-0.4, -0.2) is 70.2 Å². The zero-order valence-electron chi connectivity index (χ0n) is 21.1. The molecule has 0 radical (unpaired) electrons. The van der Waals surface area contributed by atoms with Gasteiger partial charge in [0, 0.05) is 31.2 Å². The van der Waals surface area contributed by atoms with Crippen molar-refractivity contribution < 1.29 is 14.3 Å². The number of piperidine rings is 1. The molecule has 10 heteroatoms. The molecule has 4 rings (SSSR count). The number of rotatable bonds is 7. The Morgan fingerprint density at radius 2 is 2.00 bits per heavy atom. The van der Waals surface area contributed by atoms with Crippen LogP contribution in [-0.2, 0) is 14.3 Å². The van der Waals surface area contributed by atoms with Crippen LogP contribution in [0.2, 0.25) is 0 Å². The van der Waals surface area contributed by atoms with E-state index >= 15 is 0 Å². The average Bonchev–Trinajstić information content (AvgIpc) is 3.38. The fraction of sp³-hybridized carbons (Fsp3) is 0.520. The lowest BCUT2D eigenvalue weighted by molar-refractivity contribution is -0.151. The standard InChI is InChI=1S/C25H34N6O3S/c1-6-34-22(33)18-13-10-14-30(15-18)19(32)16-29(5)24-28-31-21(27-25(2,3)4)20(26-23(31)35-24)17-11-8-7-9-12-17/h7-9,11-12,18,27H,6,10,13-16H2,1-5H3/t18-/m1/s1. The Morgan fingerprint density at radius 3 is 2.69 bits per heavy atom. The Labute approximate surface area is 210 Å². The smallest absolute Gasteiger partial charge is 0.310 e. The van der Waals surface area contributed by atoms with Gasteiger partial charge in [-0.2, -0.15) is 4.52 Å². The topological polar surface area (TPSA) is 92.1 Å². The second-order valence-electron chi connectivity index (χ2n) is 9.92. The third kappa shape index (κ3) is 5.75. The Hall–Kier alpha value is -3.14. The monoisotopic (exact) mass is 498 g/mol. The number of aromatic nitrogens is 3. The van der Waals surface area contributed by atoms with Crippen LogP contribution in [0.15, 0.2) is 30.3 Å². The van der Waals surface area contributed by atoms with Crippen molar-refractivity contribution in [3.63, 3.8) is 0 Å². The summed E-state index contributed by atoms with van der Waals surface area (Å²) in [5.41, 5.74) is 1.68. The third-order valence-corrected chi connectivity index (χ3v) is 6.85. The van der Waals surface area contributed by atoms with Crippen LogP contribution in [0.3, 0.4) is 0 Å². The minimum atomic E-state index is -0.247. The average molecular weight is 499 g/mol. The van der Waals surface area contributed by atoms with Gasteiger partial charge in [0.05, 0.1) is 19.1 Å². The molecule has 0 aliphatic carbocycles. The van der Waals surface area contributed by atoms with Crippen LogP contribution in [0.5, 0.6) is 0 Å². The van der Waals surface area contributed by atoms with E-state index < -0.39 is 0 Å². The van der Waals surface area contributed by atoms with Gasteiger partial charge in [0.25, 0.3) is 0 Å². The van der Waals surface area contributed by atoms with Gasteiger partial charge in [-0.1, -0.05) is 41.7 Å². The van der Waals surface area contributed by atoms with Crippen molar-refractivity contribution in [1.82, 2.24) is 19.5 Å². The van der Waals surface area contributed by atoms with Gasteiger partial charge in [-0.05, 0) is 40.5 Å². The number of nitrogens with one attached hydrogen (secondary N) is 1. The van der Waals surface area contributed by atoms with Crippen molar-refractivity contribution in [2.45, 2.75) is 46.1 Å². The molecule has 3 heterocycles. The Bertz CT molecular complexity index is 1180. The number of imidazole rings is 1. The summed E-state index contributed by atoms with van der Waals surface area (Å²) >= 11 is 1.44. The summed E-state index contributed by atoms with van der Waals surface area (Å²) in [6, 6.07) is 10.0. The number of hydrogen-bond donors (Lipinski definition) is 1. The minimum Gasteiger partial charge on any atom is -0.466 e. The van der Waals surface area contributed by atoms with Gasteiger partial charge in [0.1, 0.15) is 5.69 Å². The molecule has 0 saturated carbocycles. The number of amides is 1. The highest BCUT2D eigenvalue weighted by atomic mass is 32.1. The number of fused-ring (bicyclic) bond motifs is 1. The van der Waals surface area contributed by atoms with Gasteiger partial charge >= 0.3 is 5.97 Å². The Morgan fingerprint density at radius 1 is 1.26 bits per heavy atom. The van der Waals surface area contributed by atoms with E-state index in [1.165, 1.54) is 11.3 Å². The molecular weight excluding hydrogens is 464 g/mol. The molecule has 0 unspecified atom stereocenters. The predicted molar refractivity (Wildman–Crippen MR) is 139 cm³/mol. The van der Waals surface area contributed by atoms with Crippen molar-refractivity contribution in [3.05, 3.63) is 30.3 Å². The van der Waals surface area contributed by atoms with E-state index in [0.717, 1.165) is 34.9 Å². The summed E-state index contributed by atoms with van der Waals surface area (Å²) in [7, 11) is 1.86. The molecule has 1 atom stereocenters. The second-order valence-corrected chi connectivity index (χ2v) is 10.9. The fourth-order valence-corrected chi connectivity index (χ4v) is 5.05. The van der Waals surface area contributed by atoms with E-state index in [1.54, 1.807) is 11.8 Å². The lowest BCUT2D eigenvalue weighted by atomic mass is 9.98. The molecular formula is C25H34N6O3S. The molecule has 3 aromatic rings. The number of ether oxygens (including phenoxy) is 1. The summed E-state index contributed by atoms with van der Waals surface area (Å²) in [5.74, 6) is 0.345. The molecule has 1 N–H and O–H groups in total. The molecule has 35 heavy (non-hydrogen) atoms. The first-order valence-corrected chi connectivity index (χ1v) is 12.9. The maximum atomic E-state index is 13.0. The lowest BCUT2D eigenvalue weighted by Crippen LogP contribution is -2.46. The van der Waals surface area contributed by atoms with Crippen molar-refractivity contribution in [3.8, 4) is 11.3 Å². The van der Waals surface area contributed by atoms with Crippen LogP contribution >= 0.6 is 11.3 Å². The van der Waals surface area contributed by atoms with Crippen molar-refractivity contribution >= 4 is 39.1 Å². The summed E-state index contributed by atoms with van der Waals surface area (Å²) in [6.45, 7) is 9.70. The third-order valence-electron chi connectivity index (χ3n) is 5.83. The first-order chi connectivity index (χ1) is 16.7. The van der Waals surface area contributed by atoms with Crippen LogP contribution in [0.4, 0.5) is 10.9 Å². The highest BCUT2D eigenvalue weighted by molar-refractivity contribution is 7.20. The van der Waals surface area contributed by atoms with E-state index in [2.05, 4.69) is 26.1 Å². The number of likely N-dealkylation sites (N-methyl/N-ethyl adjacent to an activating group) is 1. The quantitative estimate of drug-likeness (QED) is 0.494. The normalized spacial score (nSPS) is 16.4. The number of carbonyl (C=O) groups is 2. The SMILES string of the molecule is CCOC(=O)[C@@H]1CCCN(C(=O)CN(C)c2nn3c(NC(C)(C)C)c(-c4ccccc4)nc3s2)C1. The number of benzene rings is 1. The molecule has 2 aromatic heterocycles. The number of carbonyl (C=O) groups excluding carboxylic acids is 2. The summed E-state index contributed by atoms with van der Waals surface area (Å²) < 4.78 is 6.99. The van der Waals surface area contributed by atoms with Crippen molar-refractivity contribution in [2.24, 2.45) is 5.92 Å². The molecule has 9 nitrogen and oxygen atoms in total. The molecule has 188 valence electrons. The molecule has 1 aliphatic rings. The first kappa shape index (κ1) is 25.0. The molecule has 1 fully saturated rings. The van der Waals surface area contributed by atoms with E-state index in [9.17, 15) is 9.59 Å². The molecule has 0 spiro atoms. The van der Waals surface area contributed by atoms with Crippen molar-refractivity contribution in [1.29, 1.82) is 0 Å². The largest absolute Gasteiger partial charge is 0.466 e. The molecule has 1 saturated heterocycles. The lowest BCUT2D eigenvalue weighted by Gasteiger charge is -2.32. The number of hydrogen-bond acceptors (Lipinski definition) is 8. The molecule has 1 aromatic carbocycles. The van der Waals surface area contributed by atoms with Gasteiger partial charge in [-0.25, -0.2) is 4.98 Å². The minimum absolute atomic E-state index is 0.0210. The van der Waals surface area contributed by atoms with E-state index in [4.69, 9.17) is 14.8 Å². The number of nitrogens with zero attached hydrogens (tertiary/aromatic N) is 5. The van der Waals surface area contributed by atoms with Gasteiger partial charge in [0.15, 0.2) is 5.82 Å². The highest BCUT2D eigenvalue weighted by Crippen LogP contribution is 2.34. The summed E-state index contributed by atoms with van der Waals surface area (Å²) in [6.07, 6.45) is 1.56. The molecule has 0 bridgehead atoms. The second kappa shape index (κ2) is 10.2. The zero-order chi connectivity index (χ0) is 25.2. The first-order valence-electron chi connectivity index (χ1n) is 12.0. The zero-order valence-corrected chi connectivity index (χ0v) is 21.9. The number of esters is 1. The van der Waals surface area contributed by atoms with Gasteiger partial charge in [0.2, 0.25) is 16.0 Å². The molecule has 1 amide bonds. The summed E-state index contributed by atoms with van der Waals surface area (Å²) in [4.78, 5) is 34.4. The highest BCUT2D eigenvalue weighted by Gasteiger charge is 2.30. The summed E-state index contributed by atoms with van der Waals surface area (Å²) in [5, 5.41) is 9.05. The maximum absolute atomic E-state index is 13.0. The van der Waals surface area contributed by atoms with Crippen LogP contribution in [0.25, 0.3) is 16.2 Å². The van der Waals surface area contributed by atoms with Gasteiger partial charge < -0.3 is 19.9 Å². The van der Waals surface area contributed by atoms with Gasteiger partial charge in [-0.15, -0.1) is 5.10 Å². The van der Waals surface area contributed by atoms with Crippen LogP contribution in [0, 0.1) is 5.92 Å². The fourth-order valence-electron chi connectivity index (χ4n) is 4.18. The molecule has 1 aliphatic heterocycles. The Kier molecular flexibility index (Phi) is 7.30. The van der Waals surface area contributed by atoms with Gasteiger partial charge in [-0.3, -0.25) is 9.59 Å². The maximum Gasteiger partial charge on any atom is 0.310 e. The number of anilines is 2. The van der Waals surface area contributed by atoms with E-state index in [1.807, 2.05) is 46.8 Å². The van der Waals surface area contributed by atoms with Crippen molar-refractivity contribution in [2.75, 3.05) is 43.5 Å². The van der Waals surface area contributed by atoms with E-state index in [-0.39, 0.29) is 29.9 Å². The number of likely N-dealkylation sites (tertiary alicyclic amines) is 1. The van der Waals surface area contributed by atoms with Crippen LogP contribution in [0.1, 0.15) is 40.5 Å². The Balaban J connectivity index is 1.53. The predicted octanol–water partition coefficient (Wildman–Crippen LogP) is 3.91. The van der Waals surface area contributed by atoms with E-state index in [0.29, 0.717) is 24.8 Å². The van der Waals surface area contributed by atoms with Crippen LogP contribution < -0.4 is 10.2 Å².